The molecule has 1 radical (unpaired) electrons. The third kappa shape index (κ3) is 1.12. The molecule has 53 valence electrons. The zero-order chi connectivity index (χ0) is 7.52. The van der Waals surface area contributed by atoms with Gasteiger partial charge in [0.15, 0.2) is 5.84 Å². The maximum Gasteiger partial charge on any atom is 0.183 e. The Hall–Kier alpha value is -1.64. The van der Waals surface area contributed by atoms with E-state index in [2.05, 4.69) is 15.5 Å². The number of nitrogens with zero attached hydrogens (tertiary/aromatic N) is 3. The molecule has 1 aromatic rings. The Labute approximate surface area is 64.5 Å². The summed E-state index contributed by atoms with van der Waals surface area (Å²) in [6.07, 6.45) is 1.45. The highest BCUT2D eigenvalue weighted by Gasteiger charge is 2.03. The third-order valence-electron chi connectivity index (χ3n) is 1.42. The molecular formula is C8H6N3. The molecule has 0 spiro atoms. The lowest BCUT2D eigenvalue weighted by Gasteiger charge is -1.92. The van der Waals surface area contributed by atoms with Crippen molar-refractivity contribution >= 4 is 12.2 Å². The van der Waals surface area contributed by atoms with Gasteiger partial charge in [0.05, 0.1) is 0 Å². The van der Waals surface area contributed by atoms with E-state index < -0.39 is 0 Å². The summed E-state index contributed by atoms with van der Waals surface area (Å²) in [4.78, 5) is 3.96. The molecule has 0 unspecified atom stereocenters. The van der Waals surface area contributed by atoms with E-state index in [0.29, 0.717) is 5.84 Å². The highest BCUT2D eigenvalue weighted by atomic mass is 15.4. The van der Waals surface area contributed by atoms with Gasteiger partial charge in [0.25, 0.3) is 0 Å². The first-order valence-electron chi connectivity index (χ1n) is 3.32. The van der Waals surface area contributed by atoms with Gasteiger partial charge in [-0.3, -0.25) is 0 Å². The molecule has 0 fully saturated rings. The van der Waals surface area contributed by atoms with E-state index in [9.17, 15) is 0 Å². The molecule has 1 heterocycles. The van der Waals surface area contributed by atoms with E-state index in [1.54, 1.807) is 0 Å². The van der Waals surface area contributed by atoms with Crippen molar-refractivity contribution in [2.24, 2.45) is 10.1 Å². The molecule has 0 saturated heterocycles. The molecule has 0 aromatic heterocycles. The molecule has 0 atom stereocenters. The molecule has 1 aliphatic heterocycles. The Balaban J connectivity index is 2.37. The molecule has 0 N–H and O–H groups in total. The number of aliphatic imine (C=N–C) groups is 1. The van der Waals surface area contributed by atoms with Crippen molar-refractivity contribution in [1.29, 1.82) is 0 Å². The Morgan fingerprint density at radius 3 is 2.45 bits per heavy atom. The Morgan fingerprint density at radius 2 is 1.82 bits per heavy atom. The maximum atomic E-state index is 3.96. The van der Waals surface area contributed by atoms with Crippen LogP contribution in [0.25, 0.3) is 0 Å². The van der Waals surface area contributed by atoms with Gasteiger partial charge in [-0.2, -0.15) is 0 Å². The van der Waals surface area contributed by atoms with E-state index in [1.165, 1.54) is 6.34 Å². The molecule has 0 aliphatic carbocycles. The van der Waals surface area contributed by atoms with Gasteiger partial charge in [-0.25, -0.2) is 4.99 Å². The quantitative estimate of drug-likeness (QED) is 0.564. The first kappa shape index (κ1) is 6.09. The van der Waals surface area contributed by atoms with Crippen molar-refractivity contribution in [3.8, 4) is 0 Å². The lowest BCUT2D eigenvalue weighted by atomic mass is 10.2. The zero-order valence-electron chi connectivity index (χ0n) is 5.81. The fraction of sp³-hybridized carbons (Fsp3) is 0. The standard InChI is InChI=1S/C8H6N3/c1-2-4-7(5-3-1)8-9-6-10-11-8/h1-6H. The molecule has 0 amide bonds. The minimum absolute atomic E-state index is 0.686. The van der Waals surface area contributed by atoms with Crippen molar-refractivity contribution in [1.82, 2.24) is 5.43 Å². The minimum Gasteiger partial charge on any atom is -0.213 e. The smallest absolute Gasteiger partial charge is 0.183 e. The fourth-order valence-electron chi connectivity index (χ4n) is 0.906. The van der Waals surface area contributed by atoms with Gasteiger partial charge in [-0.1, -0.05) is 30.3 Å². The monoisotopic (exact) mass is 144 g/mol. The third-order valence-corrected chi connectivity index (χ3v) is 1.42. The summed E-state index contributed by atoms with van der Waals surface area (Å²) in [7, 11) is 0. The van der Waals surface area contributed by atoms with E-state index in [1.807, 2.05) is 30.3 Å². The molecule has 11 heavy (non-hydrogen) atoms. The van der Waals surface area contributed by atoms with Gasteiger partial charge in [0, 0.05) is 5.56 Å². The van der Waals surface area contributed by atoms with Crippen molar-refractivity contribution in [2.75, 3.05) is 0 Å². The van der Waals surface area contributed by atoms with Gasteiger partial charge < -0.3 is 0 Å². The van der Waals surface area contributed by atoms with E-state index in [0.717, 1.165) is 5.56 Å². The average Bonchev–Trinajstić information content (AvgIpc) is 2.58. The summed E-state index contributed by atoms with van der Waals surface area (Å²) in [5.74, 6) is 0.686. The molecular weight excluding hydrogens is 138 g/mol. The van der Waals surface area contributed by atoms with E-state index in [4.69, 9.17) is 0 Å². The van der Waals surface area contributed by atoms with Crippen LogP contribution in [0.4, 0.5) is 0 Å². The maximum absolute atomic E-state index is 3.96. The van der Waals surface area contributed by atoms with Crippen LogP contribution in [0.15, 0.2) is 40.4 Å². The van der Waals surface area contributed by atoms with Crippen LogP contribution in [-0.4, -0.2) is 12.2 Å². The average molecular weight is 144 g/mol. The molecule has 3 nitrogen and oxygen atoms in total. The van der Waals surface area contributed by atoms with Gasteiger partial charge in [-0.15, -0.1) is 10.5 Å². The van der Waals surface area contributed by atoms with E-state index in [-0.39, 0.29) is 0 Å². The predicted octanol–water partition coefficient (Wildman–Crippen LogP) is 0.994. The molecule has 2 rings (SSSR count). The van der Waals surface area contributed by atoms with Crippen molar-refractivity contribution in [2.45, 2.75) is 0 Å². The molecule has 1 aliphatic rings. The first-order valence-corrected chi connectivity index (χ1v) is 3.32. The van der Waals surface area contributed by atoms with Crippen LogP contribution in [-0.2, 0) is 0 Å². The van der Waals surface area contributed by atoms with E-state index >= 15 is 0 Å². The van der Waals surface area contributed by atoms with Crippen molar-refractivity contribution < 1.29 is 0 Å². The zero-order valence-corrected chi connectivity index (χ0v) is 5.81. The van der Waals surface area contributed by atoms with Gasteiger partial charge in [-0.05, 0) is 0 Å². The number of hydrogen-bond acceptors (Lipinski definition) is 2. The van der Waals surface area contributed by atoms with Crippen LogP contribution in [0.2, 0.25) is 0 Å². The first-order chi connectivity index (χ1) is 5.47. The van der Waals surface area contributed by atoms with Crippen LogP contribution >= 0.6 is 0 Å². The number of rotatable bonds is 1. The van der Waals surface area contributed by atoms with Crippen LogP contribution in [0.3, 0.4) is 0 Å². The predicted molar refractivity (Wildman–Crippen MR) is 43.6 cm³/mol. The number of benzene rings is 1. The molecule has 1 aromatic carbocycles. The molecule has 0 bridgehead atoms. The molecule has 0 saturated carbocycles. The SMILES string of the molecule is C1=NC(c2ccccc2)=N[N]1. The molecule has 3 heteroatoms. The summed E-state index contributed by atoms with van der Waals surface area (Å²) < 4.78 is 0. The Morgan fingerprint density at radius 1 is 1.00 bits per heavy atom. The number of amidine groups is 1. The topological polar surface area (TPSA) is 38.8 Å². The summed E-state index contributed by atoms with van der Waals surface area (Å²) in [6.45, 7) is 0. The largest absolute Gasteiger partial charge is 0.213 e. The van der Waals surface area contributed by atoms with Gasteiger partial charge >= 0.3 is 0 Å². The van der Waals surface area contributed by atoms with Crippen molar-refractivity contribution in [3.63, 3.8) is 0 Å². The van der Waals surface area contributed by atoms with Crippen LogP contribution < -0.4 is 5.43 Å². The fourth-order valence-corrected chi connectivity index (χ4v) is 0.906. The van der Waals surface area contributed by atoms with Crippen LogP contribution in [0.1, 0.15) is 5.56 Å². The minimum atomic E-state index is 0.686. The second-order valence-corrected chi connectivity index (χ2v) is 2.15. The summed E-state index contributed by atoms with van der Waals surface area (Å²) in [5, 5.41) is 3.83. The van der Waals surface area contributed by atoms with Crippen LogP contribution in [0.5, 0.6) is 0 Å². The summed E-state index contributed by atoms with van der Waals surface area (Å²) >= 11 is 0. The lowest BCUT2D eigenvalue weighted by molar-refractivity contribution is 1.06. The second-order valence-electron chi connectivity index (χ2n) is 2.15. The Kier molecular flexibility index (Phi) is 1.41. The Bertz CT molecular complexity index is 300. The number of hydrogen-bond donors (Lipinski definition) is 0. The van der Waals surface area contributed by atoms with Crippen LogP contribution in [0, 0.1) is 0 Å². The van der Waals surface area contributed by atoms with Gasteiger partial charge in [0.1, 0.15) is 6.34 Å². The summed E-state index contributed by atoms with van der Waals surface area (Å²) in [5.41, 5.74) is 4.64. The van der Waals surface area contributed by atoms with Gasteiger partial charge in [0.2, 0.25) is 0 Å². The van der Waals surface area contributed by atoms with Crippen molar-refractivity contribution in [3.05, 3.63) is 35.9 Å². The summed E-state index contributed by atoms with van der Waals surface area (Å²) in [6, 6.07) is 9.77. The highest BCUT2D eigenvalue weighted by Crippen LogP contribution is 2.03. The highest BCUT2D eigenvalue weighted by molar-refractivity contribution is 6.04. The second kappa shape index (κ2) is 2.54. The normalized spacial score (nSPS) is 14.4. The lowest BCUT2D eigenvalue weighted by Crippen LogP contribution is -1.92.